The molecule has 114 valence electrons. The Bertz CT molecular complexity index is 425. The molecule has 0 atom stereocenters. The summed E-state index contributed by atoms with van der Waals surface area (Å²) in [6.07, 6.45) is 0. The van der Waals surface area contributed by atoms with Crippen LogP contribution in [-0.4, -0.2) is 25.6 Å². The molecule has 0 bridgehead atoms. The number of halogens is 2. The van der Waals surface area contributed by atoms with Crippen molar-refractivity contribution in [2.75, 3.05) is 19.6 Å². The summed E-state index contributed by atoms with van der Waals surface area (Å²) in [5.74, 6) is 0.861. The van der Waals surface area contributed by atoms with Crippen molar-refractivity contribution < 1.29 is 0 Å². The summed E-state index contributed by atoms with van der Waals surface area (Å²) in [4.78, 5) is 4.63. The zero-order valence-corrected chi connectivity index (χ0v) is 15.8. The molecule has 20 heavy (non-hydrogen) atoms. The van der Waals surface area contributed by atoms with Gasteiger partial charge in [-0.1, -0.05) is 37.6 Å². The van der Waals surface area contributed by atoms with Gasteiger partial charge in [0.1, 0.15) is 0 Å². The van der Waals surface area contributed by atoms with Crippen LogP contribution in [0.15, 0.2) is 29.3 Å². The molecule has 1 aromatic rings. The van der Waals surface area contributed by atoms with E-state index >= 15 is 0 Å². The lowest BCUT2D eigenvalue weighted by atomic mass is 9.85. The molecule has 1 rings (SSSR count). The minimum atomic E-state index is -0.0407. The van der Waals surface area contributed by atoms with Crippen LogP contribution in [0.3, 0.4) is 0 Å². The van der Waals surface area contributed by atoms with Crippen LogP contribution in [0.2, 0.25) is 5.02 Å². The third kappa shape index (κ3) is 6.31. The molecule has 0 aliphatic rings. The van der Waals surface area contributed by atoms with Crippen molar-refractivity contribution in [3.63, 3.8) is 0 Å². The van der Waals surface area contributed by atoms with Crippen molar-refractivity contribution in [3.05, 3.63) is 34.9 Å². The second-order valence-corrected chi connectivity index (χ2v) is 5.56. The lowest BCUT2D eigenvalue weighted by Crippen LogP contribution is -2.38. The first-order valence-electron chi connectivity index (χ1n) is 6.78. The number of benzene rings is 1. The largest absolute Gasteiger partial charge is 0.357 e. The lowest BCUT2D eigenvalue weighted by Gasteiger charge is -2.24. The van der Waals surface area contributed by atoms with E-state index in [4.69, 9.17) is 11.6 Å². The number of nitrogens with one attached hydrogen (secondary N) is 2. The normalized spacial score (nSPS) is 10.4. The van der Waals surface area contributed by atoms with Gasteiger partial charge in [0.15, 0.2) is 5.96 Å². The van der Waals surface area contributed by atoms with E-state index in [2.05, 4.69) is 49.4 Å². The van der Waals surface area contributed by atoms with Crippen LogP contribution in [0.4, 0.5) is 0 Å². The van der Waals surface area contributed by atoms with Crippen LogP contribution in [0.25, 0.3) is 0 Å². The van der Waals surface area contributed by atoms with Gasteiger partial charge in [-0.05, 0) is 31.5 Å². The summed E-state index contributed by atoms with van der Waals surface area (Å²) < 4.78 is 0. The van der Waals surface area contributed by atoms with Crippen LogP contribution in [0.1, 0.15) is 33.3 Å². The third-order valence-corrected chi connectivity index (χ3v) is 3.16. The number of nitrogens with zero attached hydrogens (tertiary/aromatic N) is 1. The molecule has 0 radical (unpaired) electrons. The molecule has 1 aromatic carbocycles. The molecular formula is C15H25ClIN3. The van der Waals surface area contributed by atoms with E-state index in [-0.39, 0.29) is 29.4 Å². The van der Waals surface area contributed by atoms with Gasteiger partial charge in [-0.25, -0.2) is 0 Å². The lowest BCUT2D eigenvalue weighted by molar-refractivity contribution is 0.537. The van der Waals surface area contributed by atoms with E-state index in [0.29, 0.717) is 6.54 Å². The average Bonchev–Trinajstić information content (AvgIpc) is 2.37. The van der Waals surface area contributed by atoms with Gasteiger partial charge in [-0.2, -0.15) is 0 Å². The number of guanidine groups is 1. The molecule has 0 amide bonds. The van der Waals surface area contributed by atoms with Crippen LogP contribution >= 0.6 is 35.6 Å². The van der Waals surface area contributed by atoms with Crippen molar-refractivity contribution in [3.8, 4) is 0 Å². The molecule has 0 spiro atoms. The van der Waals surface area contributed by atoms with Gasteiger partial charge in [0.05, 0.1) is 6.54 Å². The number of hydrogen-bond acceptors (Lipinski definition) is 1. The first-order chi connectivity index (χ1) is 8.99. The van der Waals surface area contributed by atoms with E-state index in [9.17, 15) is 0 Å². The fourth-order valence-electron chi connectivity index (χ4n) is 1.79. The van der Waals surface area contributed by atoms with E-state index in [0.717, 1.165) is 24.1 Å². The number of hydrogen-bond donors (Lipinski definition) is 2. The molecule has 0 saturated carbocycles. The molecule has 3 nitrogen and oxygen atoms in total. The maximum Gasteiger partial charge on any atom is 0.191 e. The van der Waals surface area contributed by atoms with Gasteiger partial charge >= 0.3 is 0 Å². The monoisotopic (exact) mass is 409 g/mol. The fourth-order valence-corrected chi connectivity index (χ4v) is 1.98. The van der Waals surface area contributed by atoms with Gasteiger partial charge in [0.2, 0.25) is 0 Å². The van der Waals surface area contributed by atoms with Crippen LogP contribution in [0.5, 0.6) is 0 Å². The minimum Gasteiger partial charge on any atom is -0.357 e. The van der Waals surface area contributed by atoms with E-state index in [1.165, 1.54) is 5.56 Å². The van der Waals surface area contributed by atoms with Gasteiger partial charge in [-0.15, -0.1) is 24.0 Å². The quantitative estimate of drug-likeness (QED) is 0.441. The standard InChI is InChI=1S/C15H24ClN3.HI/c1-5-17-14(18-6-2)19-11-15(3,4)12-8-7-9-13(16)10-12;/h7-10H,5-6,11H2,1-4H3,(H2,17,18,19);1H. The number of aliphatic imine (C=N–C) groups is 1. The minimum absolute atomic E-state index is 0. The van der Waals surface area contributed by atoms with Crippen molar-refractivity contribution in [1.29, 1.82) is 0 Å². The second kappa shape index (κ2) is 9.45. The highest BCUT2D eigenvalue weighted by atomic mass is 127. The summed E-state index contributed by atoms with van der Waals surface area (Å²) >= 11 is 6.05. The van der Waals surface area contributed by atoms with E-state index in [1.54, 1.807) is 0 Å². The molecule has 2 N–H and O–H groups in total. The number of rotatable bonds is 5. The van der Waals surface area contributed by atoms with Crippen molar-refractivity contribution in [2.45, 2.75) is 33.1 Å². The molecule has 0 saturated heterocycles. The molecule has 0 aromatic heterocycles. The Hall–Kier alpha value is -0.490. The Kier molecular flexibility index (Phi) is 9.22. The van der Waals surface area contributed by atoms with E-state index < -0.39 is 0 Å². The summed E-state index contributed by atoms with van der Waals surface area (Å²) in [6.45, 7) is 10.9. The zero-order chi connectivity index (χ0) is 14.3. The molecule has 0 aliphatic heterocycles. The van der Waals surface area contributed by atoms with Crippen LogP contribution in [0, 0.1) is 0 Å². The first-order valence-corrected chi connectivity index (χ1v) is 7.15. The highest BCUT2D eigenvalue weighted by Crippen LogP contribution is 2.25. The predicted octanol–water partition coefficient (Wildman–Crippen LogP) is 3.81. The van der Waals surface area contributed by atoms with Crippen molar-refractivity contribution in [2.24, 2.45) is 4.99 Å². The average molecular weight is 410 g/mol. The van der Waals surface area contributed by atoms with Crippen molar-refractivity contribution in [1.82, 2.24) is 10.6 Å². The van der Waals surface area contributed by atoms with Gasteiger partial charge in [0.25, 0.3) is 0 Å². The van der Waals surface area contributed by atoms with Gasteiger partial charge < -0.3 is 10.6 Å². The maximum absolute atomic E-state index is 6.05. The summed E-state index contributed by atoms with van der Waals surface area (Å²) in [5, 5.41) is 7.23. The van der Waals surface area contributed by atoms with Crippen LogP contribution < -0.4 is 10.6 Å². The summed E-state index contributed by atoms with van der Waals surface area (Å²) in [6, 6.07) is 7.99. The maximum atomic E-state index is 6.05. The van der Waals surface area contributed by atoms with Gasteiger partial charge in [-0.3, -0.25) is 4.99 Å². The molecule has 0 fully saturated rings. The Labute approximate surface area is 144 Å². The molecule has 5 heteroatoms. The summed E-state index contributed by atoms with van der Waals surface area (Å²) in [5.41, 5.74) is 1.16. The Morgan fingerprint density at radius 1 is 1.20 bits per heavy atom. The van der Waals surface area contributed by atoms with Crippen LogP contribution in [-0.2, 0) is 5.41 Å². The molecular weight excluding hydrogens is 385 g/mol. The van der Waals surface area contributed by atoms with Gasteiger partial charge in [0, 0.05) is 23.5 Å². The fraction of sp³-hybridized carbons (Fsp3) is 0.533. The smallest absolute Gasteiger partial charge is 0.191 e. The highest BCUT2D eigenvalue weighted by Gasteiger charge is 2.20. The zero-order valence-electron chi connectivity index (χ0n) is 12.7. The highest BCUT2D eigenvalue weighted by molar-refractivity contribution is 14.0. The third-order valence-electron chi connectivity index (χ3n) is 2.93. The second-order valence-electron chi connectivity index (χ2n) is 5.12. The first kappa shape index (κ1) is 19.5. The molecule has 0 unspecified atom stereocenters. The Morgan fingerprint density at radius 2 is 1.80 bits per heavy atom. The molecule has 0 aliphatic carbocycles. The van der Waals surface area contributed by atoms with Crippen molar-refractivity contribution >= 4 is 41.5 Å². The topological polar surface area (TPSA) is 36.4 Å². The Morgan fingerprint density at radius 3 is 2.30 bits per heavy atom. The summed E-state index contributed by atoms with van der Waals surface area (Å²) in [7, 11) is 0. The SMILES string of the molecule is CCNC(=NCC(C)(C)c1cccc(Cl)c1)NCC.I. The molecule has 0 heterocycles. The predicted molar refractivity (Wildman–Crippen MR) is 99.5 cm³/mol. The Balaban J connectivity index is 0.00000361. The van der Waals surface area contributed by atoms with E-state index in [1.807, 2.05) is 18.2 Å².